The largest absolute Gasteiger partial charge is 0.0848 e. The first-order valence-electron chi connectivity index (χ1n) is 10.7. The van der Waals surface area contributed by atoms with Crippen LogP contribution in [0.15, 0.2) is 60.7 Å². The van der Waals surface area contributed by atoms with Gasteiger partial charge in [0, 0.05) is 5.92 Å². The summed E-state index contributed by atoms with van der Waals surface area (Å²) in [6, 6.07) is 18.4. The van der Waals surface area contributed by atoms with Gasteiger partial charge in [0.1, 0.15) is 0 Å². The zero-order chi connectivity index (χ0) is 18.2. The Balaban J connectivity index is 1.62. The predicted molar refractivity (Wildman–Crippen MR) is 115 cm³/mol. The van der Waals surface area contributed by atoms with Gasteiger partial charge in [-0.25, -0.2) is 0 Å². The molecule has 3 rings (SSSR count). The van der Waals surface area contributed by atoms with E-state index in [2.05, 4.69) is 74.5 Å². The lowest BCUT2D eigenvalue weighted by molar-refractivity contribution is 0.477. The van der Waals surface area contributed by atoms with Gasteiger partial charge in [-0.1, -0.05) is 93.8 Å². The normalized spacial score (nSPS) is 19.6. The van der Waals surface area contributed by atoms with Gasteiger partial charge in [-0.05, 0) is 60.3 Å². The van der Waals surface area contributed by atoms with Crippen LogP contribution in [0.2, 0.25) is 0 Å². The summed E-state index contributed by atoms with van der Waals surface area (Å²) in [6.07, 6.45) is 15.3. The third-order valence-corrected chi connectivity index (χ3v) is 5.82. The van der Waals surface area contributed by atoms with E-state index in [1.54, 1.807) is 0 Å². The maximum absolute atomic E-state index is 2.46. The average Bonchev–Trinajstić information content (AvgIpc) is 2.70. The van der Waals surface area contributed by atoms with Gasteiger partial charge in [-0.15, -0.1) is 0 Å². The predicted octanol–water partition coefficient (Wildman–Crippen LogP) is 7.94. The first kappa shape index (κ1) is 19.0. The summed E-state index contributed by atoms with van der Waals surface area (Å²) in [7, 11) is 0. The molecule has 0 spiro atoms. The molecular formula is C26H34. The molecule has 138 valence electrons. The third kappa shape index (κ3) is 5.10. The molecule has 0 bridgehead atoms. The van der Waals surface area contributed by atoms with Crippen LogP contribution in [0.3, 0.4) is 0 Å². The lowest BCUT2D eigenvalue weighted by Gasteiger charge is -2.23. The second-order valence-corrected chi connectivity index (χ2v) is 7.89. The Hall–Kier alpha value is -1.82. The quantitative estimate of drug-likeness (QED) is 0.336. The van der Waals surface area contributed by atoms with E-state index in [-0.39, 0.29) is 0 Å². The van der Waals surface area contributed by atoms with Crippen LogP contribution < -0.4 is 0 Å². The van der Waals surface area contributed by atoms with Crippen LogP contribution in [0.5, 0.6) is 0 Å². The summed E-state index contributed by atoms with van der Waals surface area (Å²) in [5, 5.41) is 0. The van der Waals surface area contributed by atoms with Crippen LogP contribution in [0.4, 0.5) is 0 Å². The molecule has 0 N–H and O–H groups in total. The van der Waals surface area contributed by atoms with Crippen LogP contribution in [-0.2, 0) is 6.42 Å². The Morgan fingerprint density at radius 1 is 0.731 bits per heavy atom. The summed E-state index contributed by atoms with van der Waals surface area (Å²) >= 11 is 0. The Bertz CT molecular complexity index is 675. The molecule has 2 aromatic rings. The number of aryl methyl sites for hydroxylation is 1. The van der Waals surface area contributed by atoms with Gasteiger partial charge >= 0.3 is 0 Å². The van der Waals surface area contributed by atoms with Gasteiger partial charge in [0.15, 0.2) is 0 Å². The minimum Gasteiger partial charge on any atom is -0.0848 e. The van der Waals surface area contributed by atoms with Crippen molar-refractivity contribution < 1.29 is 0 Å². The molecule has 0 aliphatic heterocycles. The summed E-state index contributed by atoms with van der Waals surface area (Å²) in [5.41, 5.74) is 5.60. The molecule has 0 heterocycles. The van der Waals surface area contributed by atoms with Crippen molar-refractivity contribution in [3.63, 3.8) is 0 Å². The zero-order valence-electron chi connectivity index (χ0n) is 16.6. The maximum Gasteiger partial charge on any atom is 0.00182 e. The van der Waals surface area contributed by atoms with Gasteiger partial charge < -0.3 is 0 Å². The van der Waals surface area contributed by atoms with E-state index in [4.69, 9.17) is 0 Å². The minimum atomic E-state index is 0.609. The van der Waals surface area contributed by atoms with E-state index in [1.165, 1.54) is 73.6 Å². The van der Waals surface area contributed by atoms with Crippen LogP contribution in [0.25, 0.3) is 11.1 Å². The fourth-order valence-electron chi connectivity index (χ4n) is 4.13. The van der Waals surface area contributed by atoms with Crippen LogP contribution in [0.1, 0.15) is 75.8 Å². The minimum absolute atomic E-state index is 0.609. The van der Waals surface area contributed by atoms with Crippen molar-refractivity contribution in [2.24, 2.45) is 5.92 Å². The lowest BCUT2D eigenvalue weighted by Crippen LogP contribution is -2.07. The van der Waals surface area contributed by atoms with Gasteiger partial charge in [0.2, 0.25) is 0 Å². The van der Waals surface area contributed by atoms with E-state index in [1.807, 2.05) is 0 Å². The fourth-order valence-corrected chi connectivity index (χ4v) is 4.13. The second kappa shape index (κ2) is 9.76. The molecule has 0 saturated carbocycles. The monoisotopic (exact) mass is 346 g/mol. The standard InChI is InChI=1S/C26H34/c1-3-5-6-8-22-11-15-24(16-12-22)26-19-17-25(18-20-26)23-13-9-21(7-4-2)10-14-23/h9,11-13,15-21,23H,3-8,10,14H2,1-2H3. The number of hydrogen-bond donors (Lipinski definition) is 0. The van der Waals surface area contributed by atoms with Gasteiger partial charge in [0.25, 0.3) is 0 Å². The van der Waals surface area contributed by atoms with Crippen LogP contribution in [-0.4, -0.2) is 0 Å². The van der Waals surface area contributed by atoms with E-state index >= 15 is 0 Å². The molecule has 1 aliphatic carbocycles. The Morgan fingerprint density at radius 2 is 1.42 bits per heavy atom. The Kier molecular flexibility index (Phi) is 7.12. The SMILES string of the molecule is CCCCCc1ccc(-c2ccc(C3C=CC(CCC)CC3)cc2)cc1. The van der Waals surface area contributed by atoms with Crippen molar-refractivity contribution in [1.29, 1.82) is 0 Å². The molecule has 2 unspecified atom stereocenters. The highest BCUT2D eigenvalue weighted by molar-refractivity contribution is 5.64. The van der Waals surface area contributed by atoms with E-state index in [0.29, 0.717) is 5.92 Å². The van der Waals surface area contributed by atoms with Crippen molar-refractivity contribution in [2.75, 3.05) is 0 Å². The molecule has 0 radical (unpaired) electrons. The molecule has 1 aliphatic rings. The molecule has 2 atom stereocenters. The van der Waals surface area contributed by atoms with Crippen molar-refractivity contribution in [3.8, 4) is 11.1 Å². The van der Waals surface area contributed by atoms with Crippen molar-refractivity contribution in [2.45, 2.75) is 71.1 Å². The highest BCUT2D eigenvalue weighted by Crippen LogP contribution is 2.33. The van der Waals surface area contributed by atoms with Crippen molar-refractivity contribution >= 4 is 0 Å². The molecule has 0 saturated heterocycles. The van der Waals surface area contributed by atoms with Crippen LogP contribution >= 0.6 is 0 Å². The number of rotatable bonds is 8. The molecule has 26 heavy (non-hydrogen) atoms. The highest BCUT2D eigenvalue weighted by atomic mass is 14.2. The number of benzene rings is 2. The lowest BCUT2D eigenvalue weighted by atomic mass is 9.82. The zero-order valence-corrected chi connectivity index (χ0v) is 16.6. The molecule has 0 heteroatoms. The van der Waals surface area contributed by atoms with E-state index in [0.717, 1.165) is 5.92 Å². The van der Waals surface area contributed by atoms with Gasteiger partial charge in [0.05, 0.1) is 0 Å². The third-order valence-electron chi connectivity index (χ3n) is 5.82. The first-order valence-corrected chi connectivity index (χ1v) is 10.7. The first-order chi connectivity index (χ1) is 12.8. The Labute approximate surface area is 160 Å². The maximum atomic E-state index is 2.46. The Morgan fingerprint density at radius 3 is 2.00 bits per heavy atom. The summed E-state index contributed by atoms with van der Waals surface area (Å²) < 4.78 is 0. The summed E-state index contributed by atoms with van der Waals surface area (Å²) in [4.78, 5) is 0. The highest BCUT2D eigenvalue weighted by Gasteiger charge is 2.16. The molecule has 0 nitrogen and oxygen atoms in total. The van der Waals surface area contributed by atoms with Crippen molar-refractivity contribution in [1.82, 2.24) is 0 Å². The summed E-state index contributed by atoms with van der Waals surface area (Å²) in [5.74, 6) is 1.42. The average molecular weight is 347 g/mol. The molecular weight excluding hydrogens is 312 g/mol. The van der Waals surface area contributed by atoms with Crippen molar-refractivity contribution in [3.05, 3.63) is 71.8 Å². The summed E-state index contributed by atoms with van der Waals surface area (Å²) in [6.45, 7) is 4.55. The fraction of sp³-hybridized carbons (Fsp3) is 0.462. The molecule has 0 amide bonds. The number of hydrogen-bond acceptors (Lipinski definition) is 0. The van der Waals surface area contributed by atoms with E-state index < -0.39 is 0 Å². The molecule has 2 aromatic carbocycles. The number of allylic oxidation sites excluding steroid dienone is 2. The molecule has 0 aromatic heterocycles. The van der Waals surface area contributed by atoms with Gasteiger partial charge in [-0.3, -0.25) is 0 Å². The smallest absolute Gasteiger partial charge is 0.00182 e. The second-order valence-electron chi connectivity index (χ2n) is 7.89. The van der Waals surface area contributed by atoms with Gasteiger partial charge in [-0.2, -0.15) is 0 Å². The number of unbranched alkanes of at least 4 members (excludes halogenated alkanes) is 2. The topological polar surface area (TPSA) is 0 Å². The molecule has 0 fully saturated rings. The van der Waals surface area contributed by atoms with Crippen LogP contribution in [0, 0.1) is 5.92 Å². The van der Waals surface area contributed by atoms with E-state index in [9.17, 15) is 0 Å².